The van der Waals surface area contributed by atoms with Crippen LogP contribution < -0.4 is 10.2 Å². The van der Waals surface area contributed by atoms with Gasteiger partial charge in [-0.25, -0.2) is 18.7 Å². The van der Waals surface area contributed by atoms with Crippen molar-refractivity contribution in [3.8, 4) is 0 Å². The van der Waals surface area contributed by atoms with Gasteiger partial charge in [-0.15, -0.1) is 0 Å². The molecule has 0 unspecified atom stereocenters. The van der Waals surface area contributed by atoms with Gasteiger partial charge in [0.25, 0.3) is 5.91 Å². The zero-order chi connectivity index (χ0) is 18.5. The van der Waals surface area contributed by atoms with Crippen LogP contribution in [-0.2, 0) is 0 Å². The quantitative estimate of drug-likeness (QED) is 0.747. The second kappa shape index (κ2) is 7.69. The molecule has 0 fully saturated rings. The Hall–Kier alpha value is -3.35. The number of nitrogens with one attached hydrogen (secondary N) is 1. The molecule has 2 aromatic carbocycles. The van der Waals surface area contributed by atoms with Crippen molar-refractivity contribution in [3.63, 3.8) is 0 Å². The Kier molecular flexibility index (Phi) is 5.17. The molecule has 0 bridgehead atoms. The van der Waals surface area contributed by atoms with Gasteiger partial charge in [0.2, 0.25) is 5.95 Å². The van der Waals surface area contributed by atoms with Crippen molar-refractivity contribution in [2.24, 2.45) is 0 Å². The Morgan fingerprint density at radius 1 is 1.04 bits per heavy atom. The smallest absolute Gasteiger partial charge is 0.258 e. The van der Waals surface area contributed by atoms with Crippen molar-refractivity contribution in [2.45, 2.75) is 6.92 Å². The summed E-state index contributed by atoms with van der Waals surface area (Å²) in [5.41, 5.74) is 1.30. The third-order valence-corrected chi connectivity index (χ3v) is 3.70. The van der Waals surface area contributed by atoms with E-state index in [0.29, 0.717) is 12.5 Å². The predicted octanol–water partition coefficient (Wildman–Crippen LogP) is 4.17. The molecule has 1 N–H and O–H groups in total. The lowest BCUT2D eigenvalue weighted by molar-refractivity contribution is 0.102. The maximum absolute atomic E-state index is 13.2. The van der Waals surface area contributed by atoms with Crippen LogP contribution in [0.1, 0.15) is 17.3 Å². The first-order valence-corrected chi connectivity index (χ1v) is 7.99. The van der Waals surface area contributed by atoms with Crippen LogP contribution in [0.5, 0.6) is 0 Å². The molecule has 0 radical (unpaired) electrons. The number of hydrogen-bond acceptors (Lipinski definition) is 4. The van der Waals surface area contributed by atoms with Crippen LogP contribution in [-0.4, -0.2) is 22.4 Å². The van der Waals surface area contributed by atoms with E-state index in [9.17, 15) is 13.6 Å². The van der Waals surface area contributed by atoms with Crippen LogP contribution in [0.2, 0.25) is 0 Å². The normalized spacial score (nSPS) is 10.4. The van der Waals surface area contributed by atoms with E-state index in [1.807, 2.05) is 42.2 Å². The standard InChI is InChI=1S/C19H16F2N4O/c1-2-25(15-6-4-3-5-7-15)19-22-11-13(12-23-19)18(26)24-14-8-9-16(20)17(21)10-14/h3-12H,2H2,1H3,(H,24,26). The van der Waals surface area contributed by atoms with Crippen molar-refractivity contribution in [1.82, 2.24) is 9.97 Å². The molecule has 0 aliphatic carbocycles. The van der Waals surface area contributed by atoms with Gasteiger partial charge in [0, 0.05) is 36.4 Å². The third-order valence-electron chi connectivity index (χ3n) is 3.70. The Morgan fingerprint density at radius 3 is 2.35 bits per heavy atom. The van der Waals surface area contributed by atoms with Crippen molar-refractivity contribution < 1.29 is 13.6 Å². The Labute approximate surface area is 149 Å². The number of carbonyl (C=O) groups excluding carboxylic acids is 1. The Balaban J connectivity index is 1.76. The second-order valence-electron chi connectivity index (χ2n) is 5.43. The molecule has 1 heterocycles. The van der Waals surface area contributed by atoms with Crippen LogP contribution >= 0.6 is 0 Å². The minimum atomic E-state index is -1.03. The molecule has 7 heteroatoms. The van der Waals surface area contributed by atoms with Crippen LogP contribution in [0.15, 0.2) is 60.9 Å². The average molecular weight is 354 g/mol. The number of hydrogen-bond donors (Lipinski definition) is 1. The number of para-hydroxylation sites is 1. The van der Waals surface area contributed by atoms with Crippen molar-refractivity contribution in [1.29, 1.82) is 0 Å². The number of aromatic nitrogens is 2. The molecule has 3 aromatic rings. The lowest BCUT2D eigenvalue weighted by Gasteiger charge is -2.20. The van der Waals surface area contributed by atoms with E-state index < -0.39 is 17.5 Å². The maximum atomic E-state index is 13.2. The van der Waals surface area contributed by atoms with Gasteiger partial charge in [0.1, 0.15) is 0 Å². The van der Waals surface area contributed by atoms with E-state index >= 15 is 0 Å². The van der Waals surface area contributed by atoms with Crippen LogP contribution in [0, 0.1) is 11.6 Å². The highest BCUT2D eigenvalue weighted by molar-refractivity contribution is 6.03. The maximum Gasteiger partial charge on any atom is 0.258 e. The number of nitrogens with zero attached hydrogens (tertiary/aromatic N) is 3. The van der Waals surface area contributed by atoms with Gasteiger partial charge in [0.15, 0.2) is 11.6 Å². The predicted molar refractivity (Wildman–Crippen MR) is 95.5 cm³/mol. The number of halogens is 2. The topological polar surface area (TPSA) is 58.1 Å². The fraction of sp³-hybridized carbons (Fsp3) is 0.105. The average Bonchev–Trinajstić information content (AvgIpc) is 2.67. The van der Waals surface area contributed by atoms with Crippen LogP contribution in [0.25, 0.3) is 0 Å². The van der Waals surface area contributed by atoms with Gasteiger partial charge < -0.3 is 10.2 Å². The molecule has 0 aliphatic rings. The third kappa shape index (κ3) is 3.83. The number of anilines is 3. The van der Waals surface area contributed by atoms with Gasteiger partial charge in [0.05, 0.1) is 5.56 Å². The summed E-state index contributed by atoms with van der Waals surface area (Å²) in [7, 11) is 0. The summed E-state index contributed by atoms with van der Waals surface area (Å²) in [4.78, 5) is 22.6. The zero-order valence-electron chi connectivity index (χ0n) is 14.0. The van der Waals surface area contributed by atoms with Crippen LogP contribution in [0.4, 0.5) is 26.1 Å². The largest absolute Gasteiger partial charge is 0.322 e. The highest BCUT2D eigenvalue weighted by Crippen LogP contribution is 2.21. The molecule has 0 saturated heterocycles. The van der Waals surface area contributed by atoms with Crippen molar-refractivity contribution in [3.05, 3.63) is 78.1 Å². The van der Waals surface area contributed by atoms with Gasteiger partial charge in [-0.1, -0.05) is 18.2 Å². The van der Waals surface area contributed by atoms with E-state index in [4.69, 9.17) is 0 Å². The highest BCUT2D eigenvalue weighted by atomic mass is 19.2. The molecular formula is C19H16F2N4O. The molecule has 132 valence electrons. The summed E-state index contributed by atoms with van der Waals surface area (Å²) >= 11 is 0. The highest BCUT2D eigenvalue weighted by Gasteiger charge is 2.13. The van der Waals surface area contributed by atoms with Crippen molar-refractivity contribution >= 4 is 23.2 Å². The summed E-state index contributed by atoms with van der Waals surface area (Å²) in [6.07, 6.45) is 2.78. The van der Waals surface area contributed by atoms with Crippen molar-refractivity contribution in [2.75, 3.05) is 16.8 Å². The number of benzene rings is 2. The molecule has 1 aromatic heterocycles. The molecule has 26 heavy (non-hydrogen) atoms. The fourth-order valence-electron chi connectivity index (χ4n) is 2.40. The lowest BCUT2D eigenvalue weighted by Crippen LogP contribution is -2.20. The summed E-state index contributed by atoms with van der Waals surface area (Å²) in [6.45, 7) is 2.63. The molecule has 0 spiro atoms. The van der Waals surface area contributed by atoms with E-state index in [1.54, 1.807) is 0 Å². The first-order chi connectivity index (χ1) is 12.6. The van der Waals surface area contributed by atoms with Gasteiger partial charge in [-0.3, -0.25) is 4.79 Å². The molecule has 5 nitrogen and oxygen atoms in total. The molecule has 0 atom stereocenters. The fourth-order valence-corrected chi connectivity index (χ4v) is 2.40. The molecule has 3 rings (SSSR count). The monoisotopic (exact) mass is 354 g/mol. The number of rotatable bonds is 5. The molecule has 0 aliphatic heterocycles. The van der Waals surface area contributed by atoms with E-state index in [0.717, 1.165) is 17.8 Å². The lowest BCUT2D eigenvalue weighted by atomic mass is 10.2. The minimum Gasteiger partial charge on any atom is -0.322 e. The van der Waals surface area contributed by atoms with Gasteiger partial charge in [-0.05, 0) is 31.2 Å². The van der Waals surface area contributed by atoms with E-state index in [2.05, 4.69) is 15.3 Å². The summed E-state index contributed by atoms with van der Waals surface area (Å²) < 4.78 is 26.2. The summed E-state index contributed by atoms with van der Waals surface area (Å²) in [6, 6.07) is 12.8. The Morgan fingerprint density at radius 2 is 1.73 bits per heavy atom. The van der Waals surface area contributed by atoms with Crippen LogP contribution in [0.3, 0.4) is 0 Å². The summed E-state index contributed by atoms with van der Waals surface area (Å²) in [5, 5.41) is 2.48. The molecular weight excluding hydrogens is 338 g/mol. The number of amides is 1. The van der Waals surface area contributed by atoms with E-state index in [-0.39, 0.29) is 11.3 Å². The summed E-state index contributed by atoms with van der Waals surface area (Å²) in [5.74, 6) is -2.06. The number of carbonyl (C=O) groups is 1. The minimum absolute atomic E-state index is 0.150. The Bertz CT molecular complexity index is 901. The first kappa shape index (κ1) is 17.5. The molecule has 1 amide bonds. The SMILES string of the molecule is CCN(c1ccccc1)c1ncc(C(=O)Nc2ccc(F)c(F)c2)cn1. The second-order valence-corrected chi connectivity index (χ2v) is 5.43. The van der Waals surface area contributed by atoms with E-state index in [1.165, 1.54) is 18.5 Å². The first-order valence-electron chi connectivity index (χ1n) is 7.99. The molecule has 0 saturated carbocycles. The van der Waals surface area contributed by atoms with Gasteiger partial charge >= 0.3 is 0 Å². The van der Waals surface area contributed by atoms with Gasteiger partial charge in [-0.2, -0.15) is 0 Å². The zero-order valence-corrected chi connectivity index (χ0v) is 14.0.